The highest BCUT2D eigenvalue weighted by Gasteiger charge is 2.29. The lowest BCUT2D eigenvalue weighted by Crippen LogP contribution is -2.68. The van der Waals surface area contributed by atoms with Crippen LogP contribution in [0.1, 0.15) is 32.6 Å². The van der Waals surface area contributed by atoms with Crippen LogP contribution in [0.5, 0.6) is 0 Å². The van der Waals surface area contributed by atoms with Crippen molar-refractivity contribution in [2.45, 2.75) is 32.6 Å². The van der Waals surface area contributed by atoms with Gasteiger partial charge in [-0.1, -0.05) is 6.42 Å². The van der Waals surface area contributed by atoms with Crippen LogP contribution in [0.25, 0.3) is 0 Å². The highest BCUT2D eigenvalue weighted by molar-refractivity contribution is 5.55. The molecule has 2 aliphatic rings. The van der Waals surface area contributed by atoms with Crippen molar-refractivity contribution in [3.8, 4) is 0 Å². The fourth-order valence-electron chi connectivity index (χ4n) is 2.56. The van der Waals surface area contributed by atoms with Crippen molar-refractivity contribution < 1.29 is 33.5 Å². The number of fused-ring (bicyclic) bond motifs is 2. The maximum Gasteiger partial charge on any atom is 0.145 e. The molecule has 1 heterocycles. The molecular formula is C10H18ClNO4. The van der Waals surface area contributed by atoms with Gasteiger partial charge in [-0.25, -0.2) is 23.2 Å². The first-order valence-corrected chi connectivity index (χ1v) is 6.82. The summed E-state index contributed by atoms with van der Waals surface area (Å²) in [6.45, 7) is 4.82. The lowest BCUT2D eigenvalue weighted by molar-refractivity contribution is -2.00. The normalized spacial score (nSPS) is 28.9. The molecule has 0 N–H and O–H groups in total. The second kappa shape index (κ2) is 5.93. The Morgan fingerprint density at radius 2 is 1.88 bits per heavy atom. The van der Waals surface area contributed by atoms with E-state index in [0.717, 1.165) is 11.8 Å². The fourth-order valence-corrected chi connectivity index (χ4v) is 2.56. The molecule has 0 aromatic carbocycles. The Balaban J connectivity index is 0.000000221. The molecule has 0 aromatic heterocycles. The SMILES string of the molecule is CC[N+]1=CC2CCCC(C2)C1.[O-][Cl+3]([O-])([O-])[O-]. The van der Waals surface area contributed by atoms with E-state index in [1.807, 2.05) is 0 Å². The molecule has 6 heteroatoms. The maximum atomic E-state index is 8.49. The molecule has 0 radical (unpaired) electrons. The Morgan fingerprint density at radius 3 is 2.38 bits per heavy atom. The summed E-state index contributed by atoms with van der Waals surface area (Å²) in [7, 11) is -4.94. The zero-order valence-electron chi connectivity index (χ0n) is 9.43. The molecular weight excluding hydrogens is 234 g/mol. The highest BCUT2D eigenvalue weighted by atomic mass is 35.7. The van der Waals surface area contributed by atoms with E-state index in [4.69, 9.17) is 18.6 Å². The van der Waals surface area contributed by atoms with Gasteiger partial charge < -0.3 is 0 Å². The summed E-state index contributed by atoms with van der Waals surface area (Å²) in [4.78, 5) is 0. The van der Waals surface area contributed by atoms with E-state index in [1.54, 1.807) is 0 Å². The highest BCUT2D eigenvalue weighted by Crippen LogP contribution is 2.30. The van der Waals surface area contributed by atoms with Gasteiger partial charge in [0, 0.05) is 11.8 Å². The Hall–Kier alpha value is -0.200. The summed E-state index contributed by atoms with van der Waals surface area (Å²) in [6.07, 6.45) is 8.38. The van der Waals surface area contributed by atoms with Gasteiger partial charge >= 0.3 is 0 Å². The molecule has 2 rings (SSSR count). The topological polar surface area (TPSA) is 95.2 Å². The number of hydrogen-bond donors (Lipinski definition) is 0. The van der Waals surface area contributed by atoms with Crippen molar-refractivity contribution in [3.05, 3.63) is 0 Å². The Labute approximate surface area is 97.8 Å². The van der Waals surface area contributed by atoms with Crippen LogP contribution in [-0.4, -0.2) is 23.9 Å². The van der Waals surface area contributed by atoms with Gasteiger partial charge in [-0.15, -0.1) is 10.2 Å². The minimum atomic E-state index is -4.94. The average molecular weight is 252 g/mol. The maximum absolute atomic E-state index is 8.49. The van der Waals surface area contributed by atoms with E-state index in [-0.39, 0.29) is 0 Å². The van der Waals surface area contributed by atoms with Crippen LogP contribution in [0.15, 0.2) is 0 Å². The van der Waals surface area contributed by atoms with Gasteiger partial charge in [-0.05, 0) is 26.2 Å². The lowest BCUT2D eigenvalue weighted by Gasteiger charge is -2.28. The molecule has 1 aliphatic heterocycles. The second-order valence-corrected chi connectivity index (χ2v) is 5.16. The van der Waals surface area contributed by atoms with E-state index in [1.165, 1.54) is 38.8 Å². The van der Waals surface area contributed by atoms with Gasteiger partial charge in [0.15, 0.2) is 0 Å². The number of hydrogen-bond acceptors (Lipinski definition) is 4. The monoisotopic (exact) mass is 251 g/mol. The van der Waals surface area contributed by atoms with Crippen molar-refractivity contribution in [3.63, 3.8) is 0 Å². The molecule has 94 valence electrons. The summed E-state index contributed by atoms with van der Waals surface area (Å²) < 4.78 is 36.5. The zero-order valence-corrected chi connectivity index (χ0v) is 10.2. The van der Waals surface area contributed by atoms with Crippen LogP contribution < -0.4 is 18.6 Å². The second-order valence-electron chi connectivity index (χ2n) is 4.41. The van der Waals surface area contributed by atoms with Crippen molar-refractivity contribution in [1.29, 1.82) is 0 Å². The standard InChI is InChI=1S/C10H18N.ClHO4/c1-2-11-7-9-4-3-5-10(6-9)8-11;2-1(3,4)5/h7,9-10H,2-6,8H2,1H3;(H,2,3,4,5)/q+1;/p-1. The summed E-state index contributed by atoms with van der Waals surface area (Å²) in [6, 6.07) is 0. The third kappa shape index (κ3) is 5.77. The molecule has 1 saturated carbocycles. The average Bonchev–Trinajstić information content (AvgIpc) is 2.14. The Morgan fingerprint density at radius 1 is 1.25 bits per heavy atom. The molecule has 0 aromatic rings. The molecule has 2 bridgehead atoms. The van der Waals surface area contributed by atoms with Crippen LogP contribution in [0.4, 0.5) is 0 Å². The van der Waals surface area contributed by atoms with E-state index in [2.05, 4.69) is 17.7 Å². The molecule has 2 unspecified atom stereocenters. The van der Waals surface area contributed by atoms with Crippen molar-refractivity contribution >= 4 is 6.21 Å². The number of nitrogens with zero attached hydrogens (tertiary/aromatic N) is 1. The van der Waals surface area contributed by atoms with E-state index in [9.17, 15) is 0 Å². The first-order valence-electron chi connectivity index (χ1n) is 5.59. The summed E-state index contributed by atoms with van der Waals surface area (Å²) in [5, 5.41) is 0. The molecule has 1 fully saturated rings. The van der Waals surface area contributed by atoms with E-state index in [0.29, 0.717) is 0 Å². The van der Waals surface area contributed by atoms with Crippen LogP contribution in [0, 0.1) is 22.1 Å². The predicted octanol–water partition coefficient (Wildman–Crippen LogP) is -2.85. The van der Waals surface area contributed by atoms with Crippen LogP contribution >= 0.6 is 0 Å². The van der Waals surface area contributed by atoms with Gasteiger partial charge in [-0.2, -0.15) is 0 Å². The molecule has 1 aliphatic carbocycles. The van der Waals surface area contributed by atoms with E-state index < -0.39 is 10.2 Å². The van der Waals surface area contributed by atoms with Crippen LogP contribution in [0.2, 0.25) is 0 Å². The third-order valence-corrected chi connectivity index (χ3v) is 3.14. The van der Waals surface area contributed by atoms with Gasteiger partial charge in [0.05, 0.1) is 0 Å². The summed E-state index contributed by atoms with van der Waals surface area (Å²) in [5.74, 6) is 1.96. The van der Waals surface area contributed by atoms with Crippen molar-refractivity contribution in [1.82, 2.24) is 0 Å². The lowest BCUT2D eigenvalue weighted by atomic mass is 9.80. The minimum absolute atomic E-state index is 0.933. The smallest absolute Gasteiger partial charge is 0.145 e. The van der Waals surface area contributed by atoms with Gasteiger partial charge in [0.25, 0.3) is 0 Å². The zero-order chi connectivity index (χ0) is 12.2. The fraction of sp³-hybridized carbons (Fsp3) is 0.900. The van der Waals surface area contributed by atoms with E-state index >= 15 is 0 Å². The molecule has 5 nitrogen and oxygen atoms in total. The molecule has 16 heavy (non-hydrogen) atoms. The van der Waals surface area contributed by atoms with Gasteiger partial charge in [-0.3, -0.25) is 0 Å². The summed E-state index contributed by atoms with van der Waals surface area (Å²) in [5.41, 5.74) is 0. The largest absolute Gasteiger partial charge is 0.239 e. The predicted molar refractivity (Wildman–Crippen MR) is 47.2 cm³/mol. The Kier molecular flexibility index (Phi) is 5.14. The molecule has 0 amide bonds. The minimum Gasteiger partial charge on any atom is -0.239 e. The van der Waals surface area contributed by atoms with Crippen molar-refractivity contribution in [2.24, 2.45) is 11.8 Å². The number of rotatable bonds is 1. The van der Waals surface area contributed by atoms with Crippen LogP contribution in [0.3, 0.4) is 0 Å². The van der Waals surface area contributed by atoms with Gasteiger partial charge in [0.1, 0.15) is 19.3 Å². The first kappa shape index (κ1) is 13.9. The third-order valence-electron chi connectivity index (χ3n) is 3.14. The first-order chi connectivity index (χ1) is 7.38. The molecule has 2 atom stereocenters. The van der Waals surface area contributed by atoms with Crippen molar-refractivity contribution in [2.75, 3.05) is 13.1 Å². The summed E-state index contributed by atoms with van der Waals surface area (Å²) >= 11 is 0. The Bertz CT molecular complexity index is 246. The van der Waals surface area contributed by atoms with Crippen LogP contribution in [-0.2, 0) is 0 Å². The molecule has 0 saturated heterocycles. The quantitative estimate of drug-likeness (QED) is 0.469. The molecule has 0 spiro atoms. The van der Waals surface area contributed by atoms with Gasteiger partial charge in [0.2, 0.25) is 0 Å². The number of halogens is 1.